The first-order chi connectivity index (χ1) is 18.5. The molecule has 4 unspecified atom stereocenters. The van der Waals surface area contributed by atoms with Gasteiger partial charge in [-0.2, -0.15) is 26.3 Å². The molecule has 216 valence electrons. The smallest absolute Gasteiger partial charge is 0.411 e. The maximum atomic E-state index is 14.4. The molecule has 0 spiro atoms. The van der Waals surface area contributed by atoms with Gasteiger partial charge in [-0.05, 0) is 48.2 Å². The normalized spacial score (nSPS) is 20.8. The fourth-order valence-electron chi connectivity index (χ4n) is 4.55. The molecule has 0 aliphatic carbocycles. The van der Waals surface area contributed by atoms with Crippen LogP contribution in [-0.4, -0.2) is 74.4 Å². The van der Waals surface area contributed by atoms with E-state index in [-0.39, 0.29) is 62.0 Å². The van der Waals surface area contributed by atoms with E-state index in [1.807, 2.05) is 0 Å². The zero-order chi connectivity index (χ0) is 28.3. The van der Waals surface area contributed by atoms with E-state index >= 15 is 0 Å². The van der Waals surface area contributed by atoms with E-state index in [0.717, 1.165) is 48.5 Å². The number of rotatable bonds is 14. The third kappa shape index (κ3) is 6.97. The first kappa shape index (κ1) is 29.4. The van der Waals surface area contributed by atoms with Gasteiger partial charge in [0.15, 0.2) is 0 Å². The first-order valence-corrected chi connectivity index (χ1v) is 12.5. The number of aliphatic hydroxyl groups is 2. The number of benzene rings is 2. The van der Waals surface area contributed by atoms with Gasteiger partial charge in [0.1, 0.15) is 11.5 Å². The second-order valence-electron chi connectivity index (χ2n) is 9.90. The van der Waals surface area contributed by atoms with Crippen molar-refractivity contribution >= 4 is 0 Å². The van der Waals surface area contributed by atoms with Crippen LogP contribution in [0.5, 0.6) is 11.5 Å². The van der Waals surface area contributed by atoms with Gasteiger partial charge in [0.25, 0.3) is 0 Å². The standard InChI is InChI=1S/C27H30F6O6/c28-26(29,30)25(27(31,32)33,19-1-5-21(6-2-19)36-13-17(11-34)9-23-15-38-23)20-3-7-22(8-4-20)37-14-18(12-35)10-24-16-39-24/h1-8,17-18,23-24,34-35H,9-16H2. The molecule has 6 nitrogen and oxygen atoms in total. The number of hydrogen-bond acceptors (Lipinski definition) is 6. The Balaban J connectivity index is 1.54. The molecule has 4 rings (SSSR count). The van der Waals surface area contributed by atoms with Gasteiger partial charge < -0.3 is 29.2 Å². The Labute approximate surface area is 221 Å². The summed E-state index contributed by atoms with van der Waals surface area (Å²) in [5, 5.41) is 18.9. The molecule has 0 bridgehead atoms. The minimum absolute atomic E-state index is 0.0255. The van der Waals surface area contributed by atoms with Crippen molar-refractivity contribution in [2.75, 3.05) is 39.6 Å². The number of halogens is 6. The molecule has 4 atom stereocenters. The summed E-state index contributed by atoms with van der Waals surface area (Å²) in [6.45, 7) is 0.830. The summed E-state index contributed by atoms with van der Waals surface area (Å²) in [4.78, 5) is 0. The van der Waals surface area contributed by atoms with Crippen molar-refractivity contribution < 1.29 is 55.5 Å². The highest BCUT2D eigenvalue weighted by Crippen LogP contribution is 2.56. The third-order valence-electron chi connectivity index (χ3n) is 6.91. The minimum Gasteiger partial charge on any atom is -0.493 e. The molecule has 0 saturated carbocycles. The lowest BCUT2D eigenvalue weighted by Crippen LogP contribution is -2.54. The summed E-state index contributed by atoms with van der Waals surface area (Å²) in [6.07, 6.45) is -10.3. The Hall–Kier alpha value is -2.54. The molecule has 2 aromatic carbocycles. The average molecular weight is 565 g/mol. The van der Waals surface area contributed by atoms with Gasteiger partial charge in [0, 0.05) is 25.0 Å². The highest BCUT2D eigenvalue weighted by molar-refractivity contribution is 5.47. The van der Waals surface area contributed by atoms with Crippen LogP contribution in [0.2, 0.25) is 0 Å². The molecule has 39 heavy (non-hydrogen) atoms. The predicted octanol–water partition coefficient (Wildman–Crippen LogP) is 4.65. The number of aliphatic hydroxyl groups excluding tert-OH is 2. The molecule has 12 heteroatoms. The largest absolute Gasteiger partial charge is 0.493 e. The third-order valence-corrected chi connectivity index (χ3v) is 6.91. The second kappa shape index (κ2) is 11.9. The summed E-state index contributed by atoms with van der Waals surface area (Å²) in [6, 6.07) is 7.24. The van der Waals surface area contributed by atoms with E-state index in [1.165, 1.54) is 0 Å². The fourth-order valence-corrected chi connectivity index (χ4v) is 4.55. The van der Waals surface area contributed by atoms with Crippen LogP contribution in [0.25, 0.3) is 0 Å². The first-order valence-electron chi connectivity index (χ1n) is 12.5. The number of epoxide rings is 2. The second-order valence-corrected chi connectivity index (χ2v) is 9.90. The van der Waals surface area contributed by atoms with Gasteiger partial charge in [-0.15, -0.1) is 0 Å². The lowest BCUT2D eigenvalue weighted by molar-refractivity contribution is -0.288. The lowest BCUT2D eigenvalue weighted by Gasteiger charge is -2.38. The molecular formula is C27H30F6O6. The molecule has 2 aliphatic rings. The maximum Gasteiger partial charge on any atom is 0.411 e. The van der Waals surface area contributed by atoms with Crippen molar-refractivity contribution in [3.8, 4) is 11.5 Å². The maximum absolute atomic E-state index is 14.4. The van der Waals surface area contributed by atoms with Crippen LogP contribution in [0.1, 0.15) is 24.0 Å². The molecule has 2 aromatic rings. The average Bonchev–Trinajstić information content (AvgIpc) is 3.81. The monoisotopic (exact) mass is 564 g/mol. The van der Waals surface area contributed by atoms with Crippen LogP contribution in [0.15, 0.2) is 48.5 Å². The Morgan fingerprint density at radius 2 is 1.00 bits per heavy atom. The highest BCUT2D eigenvalue weighted by Gasteiger charge is 2.72. The molecule has 0 amide bonds. The molecule has 2 aliphatic heterocycles. The van der Waals surface area contributed by atoms with Crippen molar-refractivity contribution in [3.63, 3.8) is 0 Å². The van der Waals surface area contributed by atoms with Gasteiger partial charge in [0.05, 0.1) is 38.6 Å². The molecule has 2 heterocycles. The highest BCUT2D eigenvalue weighted by atomic mass is 19.4. The van der Waals surface area contributed by atoms with Crippen LogP contribution < -0.4 is 9.47 Å². The molecule has 0 aromatic heterocycles. The number of alkyl halides is 6. The molecule has 2 fully saturated rings. The molecule has 2 N–H and O–H groups in total. The van der Waals surface area contributed by atoms with E-state index in [2.05, 4.69) is 0 Å². The van der Waals surface area contributed by atoms with Gasteiger partial charge in [-0.3, -0.25) is 0 Å². The Morgan fingerprint density at radius 3 is 1.26 bits per heavy atom. The zero-order valence-electron chi connectivity index (χ0n) is 20.9. The SMILES string of the molecule is OCC(COc1ccc(C(c2ccc(OCC(CO)CC3CO3)cc2)(C(F)(F)F)C(F)(F)F)cc1)CC1CO1. The molecule has 2 saturated heterocycles. The summed E-state index contributed by atoms with van der Waals surface area (Å²) in [7, 11) is 0. The van der Waals surface area contributed by atoms with Gasteiger partial charge in [0.2, 0.25) is 5.41 Å². The predicted molar refractivity (Wildman–Crippen MR) is 127 cm³/mol. The van der Waals surface area contributed by atoms with Crippen LogP contribution in [-0.2, 0) is 14.9 Å². The Bertz CT molecular complexity index is 963. The summed E-state index contributed by atoms with van der Waals surface area (Å²) in [5.74, 6) is -0.411. The van der Waals surface area contributed by atoms with Crippen LogP contribution in [0.3, 0.4) is 0 Å². The van der Waals surface area contributed by atoms with Crippen molar-refractivity contribution in [1.29, 1.82) is 0 Å². The van der Waals surface area contributed by atoms with Gasteiger partial charge in [-0.1, -0.05) is 24.3 Å². The fraction of sp³-hybridized carbons (Fsp3) is 0.556. The van der Waals surface area contributed by atoms with Crippen molar-refractivity contribution in [3.05, 3.63) is 59.7 Å². The van der Waals surface area contributed by atoms with Crippen LogP contribution in [0.4, 0.5) is 26.3 Å². The van der Waals surface area contributed by atoms with Crippen molar-refractivity contribution in [1.82, 2.24) is 0 Å². The molecule has 0 radical (unpaired) electrons. The van der Waals surface area contributed by atoms with E-state index in [1.54, 1.807) is 0 Å². The van der Waals surface area contributed by atoms with Gasteiger partial charge >= 0.3 is 12.4 Å². The zero-order valence-corrected chi connectivity index (χ0v) is 20.9. The van der Waals surface area contributed by atoms with Crippen molar-refractivity contribution in [2.24, 2.45) is 11.8 Å². The Morgan fingerprint density at radius 1 is 0.667 bits per heavy atom. The summed E-state index contributed by atoms with van der Waals surface area (Å²) >= 11 is 0. The number of ether oxygens (including phenoxy) is 4. The Kier molecular flexibility index (Phi) is 8.99. The van der Waals surface area contributed by atoms with E-state index in [9.17, 15) is 36.6 Å². The van der Waals surface area contributed by atoms with Gasteiger partial charge in [-0.25, -0.2) is 0 Å². The lowest BCUT2D eigenvalue weighted by atomic mass is 9.73. The summed E-state index contributed by atoms with van der Waals surface area (Å²) < 4.78 is 108. The van der Waals surface area contributed by atoms with E-state index < -0.39 is 28.9 Å². The quantitative estimate of drug-likeness (QED) is 0.257. The minimum atomic E-state index is -5.73. The van der Waals surface area contributed by atoms with E-state index in [0.29, 0.717) is 26.1 Å². The van der Waals surface area contributed by atoms with Crippen LogP contribution in [0, 0.1) is 11.8 Å². The van der Waals surface area contributed by atoms with Crippen LogP contribution >= 0.6 is 0 Å². The number of hydrogen-bond donors (Lipinski definition) is 2. The summed E-state index contributed by atoms with van der Waals surface area (Å²) in [5.41, 5.74) is -6.33. The topological polar surface area (TPSA) is 84.0 Å². The van der Waals surface area contributed by atoms with Crippen molar-refractivity contribution in [2.45, 2.75) is 42.8 Å². The molecular weight excluding hydrogens is 534 g/mol. The van der Waals surface area contributed by atoms with E-state index in [4.69, 9.17) is 18.9 Å².